The number of non-ortho nitro benzene ring substituents is 1. The number of benzene rings is 1. The second kappa shape index (κ2) is 9.60. The molecule has 1 atom stereocenters. The molecule has 1 fully saturated rings. The molecule has 0 bridgehead atoms. The van der Waals surface area contributed by atoms with Crippen molar-refractivity contribution in [2.45, 2.75) is 30.6 Å². The quantitative estimate of drug-likeness (QED) is 0.426. The summed E-state index contributed by atoms with van der Waals surface area (Å²) in [5, 5.41) is 16.7. The molecule has 1 aliphatic rings. The largest absolute Gasteiger partial charge is 0.356 e. The third-order valence-corrected chi connectivity index (χ3v) is 5.75. The van der Waals surface area contributed by atoms with Gasteiger partial charge >= 0.3 is 0 Å². The van der Waals surface area contributed by atoms with Gasteiger partial charge in [-0.05, 0) is 50.4 Å². The minimum absolute atomic E-state index is 0.0316. The summed E-state index contributed by atoms with van der Waals surface area (Å²) in [5.74, 6) is 0.366. The second-order valence-electron chi connectivity index (χ2n) is 6.25. The number of sulfonamides is 1. The van der Waals surface area contributed by atoms with E-state index in [2.05, 4.69) is 15.4 Å². The average molecular weight is 384 g/mol. The highest BCUT2D eigenvalue weighted by Crippen LogP contribution is 2.15. The highest BCUT2D eigenvalue weighted by Gasteiger charge is 2.16. The standard InChI is InChI=1S/C16H24N4O5S/c21-16(18-10-7-13-2-1-9-17-12-13)8-11-19-26(24,25)15-5-3-14(4-6-15)20(22)23/h3-6,13,17,19H,1-2,7-12H2,(H,18,21). The van der Waals surface area contributed by atoms with Gasteiger partial charge in [0.25, 0.3) is 5.69 Å². The maximum atomic E-state index is 12.1. The first kappa shape index (κ1) is 20.3. The van der Waals surface area contributed by atoms with Gasteiger partial charge in [-0.15, -0.1) is 0 Å². The number of amides is 1. The van der Waals surface area contributed by atoms with Crippen LogP contribution in [0.25, 0.3) is 0 Å². The lowest BCUT2D eigenvalue weighted by Crippen LogP contribution is -2.34. The van der Waals surface area contributed by atoms with Crippen molar-refractivity contribution in [3.63, 3.8) is 0 Å². The van der Waals surface area contributed by atoms with E-state index in [4.69, 9.17) is 0 Å². The molecule has 1 unspecified atom stereocenters. The van der Waals surface area contributed by atoms with Gasteiger partial charge in [0.15, 0.2) is 0 Å². The van der Waals surface area contributed by atoms with Crippen LogP contribution in [0.5, 0.6) is 0 Å². The zero-order chi connectivity index (χ0) is 19.0. The Morgan fingerprint density at radius 3 is 2.62 bits per heavy atom. The lowest BCUT2D eigenvalue weighted by atomic mass is 9.96. The SMILES string of the molecule is O=C(CCNS(=O)(=O)c1ccc([N+](=O)[O-])cc1)NCCC1CCCNC1. The summed E-state index contributed by atoms with van der Waals surface area (Å²) < 4.78 is 26.5. The topological polar surface area (TPSA) is 130 Å². The Balaban J connectivity index is 1.70. The first-order valence-electron chi connectivity index (χ1n) is 8.60. The van der Waals surface area contributed by atoms with Gasteiger partial charge in [0.1, 0.15) is 0 Å². The zero-order valence-electron chi connectivity index (χ0n) is 14.4. The van der Waals surface area contributed by atoms with E-state index in [-0.39, 0.29) is 29.5 Å². The molecule has 3 N–H and O–H groups in total. The fourth-order valence-corrected chi connectivity index (χ4v) is 3.84. The summed E-state index contributed by atoms with van der Waals surface area (Å²) in [6.45, 7) is 2.58. The van der Waals surface area contributed by atoms with Crippen LogP contribution in [0.2, 0.25) is 0 Å². The van der Waals surface area contributed by atoms with Gasteiger partial charge in [0, 0.05) is 31.6 Å². The first-order chi connectivity index (χ1) is 12.4. The van der Waals surface area contributed by atoms with Crippen LogP contribution >= 0.6 is 0 Å². The van der Waals surface area contributed by atoms with E-state index < -0.39 is 14.9 Å². The second-order valence-corrected chi connectivity index (χ2v) is 8.02. The Kier molecular flexibility index (Phi) is 7.49. The van der Waals surface area contributed by atoms with Crippen LogP contribution < -0.4 is 15.4 Å². The van der Waals surface area contributed by atoms with E-state index in [1.807, 2.05) is 0 Å². The monoisotopic (exact) mass is 384 g/mol. The van der Waals surface area contributed by atoms with Crippen LogP contribution in [0.3, 0.4) is 0 Å². The van der Waals surface area contributed by atoms with E-state index in [9.17, 15) is 23.3 Å². The van der Waals surface area contributed by atoms with Crippen molar-refractivity contribution < 1.29 is 18.1 Å². The molecular weight excluding hydrogens is 360 g/mol. The minimum Gasteiger partial charge on any atom is -0.356 e. The number of hydrogen-bond acceptors (Lipinski definition) is 6. The molecule has 1 saturated heterocycles. The third-order valence-electron chi connectivity index (χ3n) is 4.28. The molecule has 9 nitrogen and oxygen atoms in total. The number of nitro groups is 1. The molecule has 0 aliphatic carbocycles. The summed E-state index contributed by atoms with van der Waals surface area (Å²) >= 11 is 0. The number of nitrogens with one attached hydrogen (secondary N) is 3. The van der Waals surface area contributed by atoms with Crippen LogP contribution in [0.1, 0.15) is 25.7 Å². The molecule has 1 heterocycles. The van der Waals surface area contributed by atoms with E-state index in [1.165, 1.54) is 12.1 Å². The van der Waals surface area contributed by atoms with Crippen LogP contribution in [0.4, 0.5) is 5.69 Å². The molecule has 2 rings (SSSR count). The molecule has 0 saturated carbocycles. The Hall–Kier alpha value is -2.04. The number of carbonyl (C=O) groups is 1. The molecule has 1 amide bonds. The van der Waals surface area contributed by atoms with Crippen LogP contribution in [-0.4, -0.2) is 45.4 Å². The Morgan fingerprint density at radius 1 is 1.27 bits per heavy atom. The highest BCUT2D eigenvalue weighted by molar-refractivity contribution is 7.89. The van der Waals surface area contributed by atoms with Crippen molar-refractivity contribution >= 4 is 21.6 Å². The van der Waals surface area contributed by atoms with Gasteiger partial charge in [0.05, 0.1) is 9.82 Å². The fraction of sp³-hybridized carbons (Fsp3) is 0.562. The predicted octanol–water partition coefficient (Wildman–Crippen LogP) is 0.769. The molecule has 1 aromatic rings. The van der Waals surface area contributed by atoms with Gasteiger partial charge in [-0.1, -0.05) is 0 Å². The zero-order valence-corrected chi connectivity index (χ0v) is 15.3. The Labute approximate surface area is 152 Å². The molecule has 1 aromatic carbocycles. The summed E-state index contributed by atoms with van der Waals surface area (Å²) in [4.78, 5) is 21.7. The van der Waals surface area contributed by atoms with Crippen LogP contribution in [0, 0.1) is 16.0 Å². The Bertz CT molecular complexity index is 715. The average Bonchev–Trinajstić information content (AvgIpc) is 2.62. The molecule has 0 spiro atoms. The Morgan fingerprint density at radius 2 is 2.00 bits per heavy atom. The number of rotatable bonds is 9. The normalized spacial score (nSPS) is 17.6. The van der Waals surface area contributed by atoms with Gasteiger partial charge in [-0.25, -0.2) is 13.1 Å². The summed E-state index contributed by atoms with van der Waals surface area (Å²) in [6.07, 6.45) is 3.27. The molecular formula is C16H24N4O5S. The fourth-order valence-electron chi connectivity index (χ4n) is 2.80. The van der Waals surface area contributed by atoms with E-state index in [0.717, 1.165) is 44.5 Å². The number of nitro benzene ring substituents is 1. The third kappa shape index (κ3) is 6.36. The van der Waals surface area contributed by atoms with E-state index in [0.29, 0.717) is 12.5 Å². The number of hydrogen-bond donors (Lipinski definition) is 3. The van der Waals surface area contributed by atoms with E-state index in [1.54, 1.807) is 0 Å². The van der Waals surface area contributed by atoms with Crippen molar-refractivity contribution in [3.8, 4) is 0 Å². The lowest BCUT2D eigenvalue weighted by Gasteiger charge is -2.22. The van der Waals surface area contributed by atoms with Crippen molar-refractivity contribution in [2.75, 3.05) is 26.2 Å². The summed E-state index contributed by atoms with van der Waals surface area (Å²) in [7, 11) is -3.80. The summed E-state index contributed by atoms with van der Waals surface area (Å²) in [5.41, 5.74) is -0.184. The maximum absolute atomic E-state index is 12.1. The highest BCUT2D eigenvalue weighted by atomic mass is 32.2. The minimum atomic E-state index is -3.80. The lowest BCUT2D eigenvalue weighted by molar-refractivity contribution is -0.384. The van der Waals surface area contributed by atoms with Crippen molar-refractivity contribution in [3.05, 3.63) is 34.4 Å². The van der Waals surface area contributed by atoms with Gasteiger partial charge < -0.3 is 10.6 Å². The van der Waals surface area contributed by atoms with Gasteiger partial charge in [0.2, 0.25) is 15.9 Å². The first-order valence-corrected chi connectivity index (χ1v) is 10.1. The smallest absolute Gasteiger partial charge is 0.269 e. The summed E-state index contributed by atoms with van der Waals surface area (Å²) in [6, 6.07) is 4.58. The van der Waals surface area contributed by atoms with Crippen molar-refractivity contribution in [1.82, 2.24) is 15.4 Å². The molecule has 1 aliphatic heterocycles. The van der Waals surface area contributed by atoms with E-state index >= 15 is 0 Å². The van der Waals surface area contributed by atoms with Crippen LogP contribution in [-0.2, 0) is 14.8 Å². The van der Waals surface area contributed by atoms with Gasteiger partial charge in [-0.2, -0.15) is 0 Å². The number of carbonyl (C=O) groups excluding carboxylic acids is 1. The molecule has 10 heteroatoms. The maximum Gasteiger partial charge on any atom is 0.269 e. The predicted molar refractivity (Wildman–Crippen MR) is 96.1 cm³/mol. The van der Waals surface area contributed by atoms with Gasteiger partial charge in [-0.3, -0.25) is 14.9 Å². The molecule has 26 heavy (non-hydrogen) atoms. The van der Waals surface area contributed by atoms with Crippen molar-refractivity contribution in [1.29, 1.82) is 0 Å². The van der Waals surface area contributed by atoms with Crippen molar-refractivity contribution in [2.24, 2.45) is 5.92 Å². The molecule has 0 radical (unpaired) electrons. The molecule has 144 valence electrons. The van der Waals surface area contributed by atoms with Crippen LogP contribution in [0.15, 0.2) is 29.2 Å². The number of nitrogens with zero attached hydrogens (tertiary/aromatic N) is 1. The number of piperidine rings is 1. The molecule has 0 aromatic heterocycles.